The molecular formula is C82H76F11IN16O11. The van der Waals surface area contributed by atoms with Crippen molar-refractivity contribution in [3.8, 4) is 17.1 Å². The molecular weight excluding hydrogens is 1720 g/mol. The van der Waals surface area contributed by atoms with E-state index in [1.54, 1.807) is 145 Å². The highest BCUT2D eigenvalue weighted by atomic mass is 127. The van der Waals surface area contributed by atoms with E-state index in [1.165, 1.54) is 96.3 Å². The first kappa shape index (κ1) is 90.1. The predicted molar refractivity (Wildman–Crippen MR) is 432 cm³/mol. The number of carboxylic acids is 1. The van der Waals surface area contributed by atoms with Crippen LogP contribution in [0.25, 0.3) is 49.8 Å². The first-order chi connectivity index (χ1) is 56.9. The van der Waals surface area contributed by atoms with Crippen LogP contribution in [0.15, 0.2) is 215 Å². The third-order valence-corrected chi connectivity index (χ3v) is 19.7. The van der Waals surface area contributed by atoms with Gasteiger partial charge in [0.15, 0.2) is 0 Å². The van der Waals surface area contributed by atoms with Crippen molar-refractivity contribution in [3.05, 3.63) is 270 Å². The molecule has 39 heteroatoms. The number of anilines is 2. The lowest BCUT2D eigenvalue weighted by Crippen LogP contribution is -2.46. The largest absolute Gasteiger partial charge is 0.477 e. The minimum Gasteiger partial charge on any atom is -0.477 e. The molecule has 9 heterocycles. The molecule has 0 saturated carbocycles. The number of carbonyl (C=O) groups excluding carboxylic acids is 6. The lowest BCUT2D eigenvalue weighted by molar-refractivity contribution is -0.162. The van der Waals surface area contributed by atoms with Crippen LogP contribution in [0, 0.1) is 21.0 Å². The van der Waals surface area contributed by atoms with Crippen LogP contribution in [0.2, 0.25) is 0 Å². The first-order valence-electron chi connectivity index (χ1n) is 36.5. The Morgan fingerprint density at radius 1 is 0.430 bits per heavy atom. The molecule has 0 radical (unpaired) electrons. The quantitative estimate of drug-likeness (QED) is 0.0410. The summed E-state index contributed by atoms with van der Waals surface area (Å²) in [4.78, 5) is 120. The molecule has 3 aliphatic rings. The number of nitrogens with one attached hydrogen (secondary N) is 4. The molecule has 3 fully saturated rings. The number of rotatable bonds is 15. The van der Waals surface area contributed by atoms with Crippen molar-refractivity contribution in [2.45, 2.75) is 107 Å². The van der Waals surface area contributed by atoms with Gasteiger partial charge in [0, 0.05) is 136 Å². The lowest BCUT2D eigenvalue weighted by atomic mass is 9.99. The number of aryl methyl sites for hydroxylation is 3. The summed E-state index contributed by atoms with van der Waals surface area (Å²) >= 11 is 2.28. The zero-order valence-corrected chi connectivity index (χ0v) is 67.4. The highest BCUT2D eigenvalue weighted by molar-refractivity contribution is 14.1. The lowest BCUT2D eigenvalue weighted by Gasteiger charge is -2.29. The van der Waals surface area contributed by atoms with E-state index in [2.05, 4.69) is 71.0 Å². The standard InChI is InChI=1S/2C26H22F3N5O3.C13H13F3N2O2.C13H10IN3O.C3H4F2O2.CH5N/c2*1-26(28,29)25(37)31-20-12-23(36)33(24(20)15-4-3-5-17(27)10-15)18-6-8-21-16(11-18)13-30-34(21)19-7-9-22(35)32(2)14-19;1-13(15,16)12(20)17-9-6-10(19)18-11(9)7-3-2-4-8(14)5-7;1-16-8-11(3-5-13(16)18)17-12-4-2-10(14)6-9(12)7-15-17;1-3(4,5)2(6)7;1-2/h2*3-11,13-14,20,24H,12H2,1-2H3,(H,31,37);2-5,9,11H,6H2,1H3,(H,17,20)(H,18,19);2-8H,1H3;1H3,(H,6,7);2H2,1H3/t2*20-,24+;9-,11?;;;/m100.../s1. The van der Waals surface area contributed by atoms with Gasteiger partial charge in [0.25, 0.3) is 17.7 Å². The van der Waals surface area contributed by atoms with Crippen molar-refractivity contribution in [2.75, 3.05) is 16.8 Å². The van der Waals surface area contributed by atoms with Crippen LogP contribution in [0.1, 0.15) is 81.8 Å². The van der Waals surface area contributed by atoms with Gasteiger partial charge in [-0.3, -0.25) is 43.2 Å². The SMILES string of the molecule is CC(F)(F)C(=O)N[C@H]1CC(=O)NC1c1cccc(F)c1.CC(F)(F)C(=O)O.CN.Cn1cc(-n2ncc3cc(I)ccc32)ccc1=O.Cn1cc(-n2ncc3cc(N4C(=O)C[C@@H](NC(=O)C(C)(F)F)[C@@H]4c4cccc(F)c4)ccc32)ccc1=O.Cn1cc(-n2ncc3cc(N4C(=O)C[C@H](NC(=O)C(C)(F)F)[C@H]4c4cccc(F)c4)ccc32)ccc1=O. The van der Waals surface area contributed by atoms with Gasteiger partial charge in [0.2, 0.25) is 34.4 Å². The maximum atomic E-state index is 14.1. The Kier molecular flexibility index (Phi) is 27.5. The average molecular weight is 1800 g/mol. The Balaban J connectivity index is 0.000000170. The van der Waals surface area contributed by atoms with Crippen molar-refractivity contribution >= 4 is 108 Å². The van der Waals surface area contributed by atoms with E-state index < -0.39 is 113 Å². The fraction of sp³-hybridized carbons (Fsp3) is 0.256. The molecule has 3 saturated heterocycles. The average Bonchev–Trinajstić information content (AvgIpc) is 1.62. The molecule has 0 aliphatic carbocycles. The van der Waals surface area contributed by atoms with E-state index >= 15 is 0 Å². The van der Waals surface area contributed by atoms with Crippen molar-refractivity contribution < 1.29 is 87.0 Å². The van der Waals surface area contributed by atoms with E-state index in [-0.39, 0.29) is 41.8 Å². The minimum absolute atomic E-state index is 0.0234. The number of fused-ring (bicyclic) bond motifs is 3. The Bertz CT molecular complexity index is 5870. The Morgan fingerprint density at radius 3 is 1.07 bits per heavy atom. The normalized spacial score (nSPS) is 17.0. The molecule has 121 heavy (non-hydrogen) atoms. The number of amides is 6. The summed E-state index contributed by atoms with van der Waals surface area (Å²) in [6, 6.07) is 36.9. The summed E-state index contributed by atoms with van der Waals surface area (Å²) in [5.74, 6) is -23.8. The van der Waals surface area contributed by atoms with Crippen LogP contribution in [0.4, 0.5) is 59.7 Å². The number of hydrogen-bond donors (Lipinski definition) is 6. The fourth-order valence-electron chi connectivity index (χ4n) is 13.2. The highest BCUT2D eigenvalue weighted by Gasteiger charge is 2.48. The second kappa shape index (κ2) is 37.0. The number of aromatic nitrogens is 9. The van der Waals surface area contributed by atoms with Gasteiger partial charge in [0.1, 0.15) is 17.5 Å². The second-order valence-corrected chi connectivity index (χ2v) is 29.5. The van der Waals surface area contributed by atoms with Crippen LogP contribution in [-0.4, -0.2) is 138 Å². The van der Waals surface area contributed by atoms with Crippen LogP contribution < -0.4 is 53.5 Å². The maximum absolute atomic E-state index is 14.1. The number of aliphatic carboxylic acids is 1. The zero-order chi connectivity index (χ0) is 88.7. The molecule has 0 spiro atoms. The third kappa shape index (κ3) is 21.5. The number of hydrogen-bond acceptors (Lipinski definition) is 14. The number of benzene rings is 6. The van der Waals surface area contributed by atoms with E-state index in [9.17, 15) is 96.2 Å². The molecule has 6 aromatic heterocycles. The molecule has 6 atom stereocenters. The maximum Gasteiger partial charge on any atom is 0.374 e. The minimum atomic E-state index is -3.64. The smallest absolute Gasteiger partial charge is 0.374 e. The molecule has 6 amide bonds. The molecule has 3 aliphatic heterocycles. The number of carboxylic acid groups (broad SMARTS) is 1. The molecule has 12 aromatic rings. The van der Waals surface area contributed by atoms with Gasteiger partial charge in [-0.15, -0.1) is 0 Å². The summed E-state index contributed by atoms with van der Waals surface area (Å²) in [6.07, 6.45) is 9.50. The molecule has 1 unspecified atom stereocenters. The summed E-state index contributed by atoms with van der Waals surface area (Å²) < 4.78 is 155. The van der Waals surface area contributed by atoms with Crippen LogP contribution in [0.5, 0.6) is 0 Å². The zero-order valence-electron chi connectivity index (χ0n) is 65.2. The predicted octanol–water partition coefficient (Wildman–Crippen LogP) is 11.1. The summed E-state index contributed by atoms with van der Waals surface area (Å²) in [7, 11) is 6.50. The number of nitrogens with two attached hydrogens (primary N) is 1. The van der Waals surface area contributed by atoms with Crippen LogP contribution >= 0.6 is 22.6 Å². The van der Waals surface area contributed by atoms with Gasteiger partial charge in [-0.1, -0.05) is 36.4 Å². The van der Waals surface area contributed by atoms with E-state index in [1.807, 2.05) is 23.0 Å². The van der Waals surface area contributed by atoms with Crippen LogP contribution in [0.3, 0.4) is 0 Å². The number of carbonyl (C=O) groups is 7. The van der Waals surface area contributed by atoms with Gasteiger partial charge in [-0.25, -0.2) is 32.0 Å². The van der Waals surface area contributed by atoms with Crippen LogP contribution in [-0.2, 0) is 54.7 Å². The van der Waals surface area contributed by atoms with Gasteiger partial charge in [-0.05, 0) is 156 Å². The summed E-state index contributed by atoms with van der Waals surface area (Å²) in [5.41, 5.74) is 10.8. The number of nitrogens with zero attached hydrogens (tertiary/aromatic N) is 11. The molecule has 634 valence electrons. The molecule has 7 N–H and O–H groups in total. The topological polar surface area (TPSA) is 340 Å². The highest BCUT2D eigenvalue weighted by Crippen LogP contribution is 2.42. The Labute approximate surface area is 693 Å². The van der Waals surface area contributed by atoms with Crippen molar-refractivity contribution in [3.63, 3.8) is 0 Å². The van der Waals surface area contributed by atoms with E-state index in [0.29, 0.717) is 88.9 Å². The van der Waals surface area contributed by atoms with Gasteiger partial charge >= 0.3 is 29.7 Å². The van der Waals surface area contributed by atoms with Gasteiger partial charge < -0.3 is 55.6 Å². The van der Waals surface area contributed by atoms with Gasteiger partial charge in [0.05, 0.1) is 88.5 Å². The van der Waals surface area contributed by atoms with Gasteiger partial charge in [-0.2, -0.15) is 50.4 Å². The monoisotopic (exact) mass is 1800 g/mol. The van der Waals surface area contributed by atoms with E-state index in [4.69, 9.17) is 5.11 Å². The first-order valence-corrected chi connectivity index (χ1v) is 37.6. The number of halogens is 12. The van der Waals surface area contributed by atoms with Crippen molar-refractivity contribution in [2.24, 2.45) is 26.9 Å². The summed E-state index contributed by atoms with van der Waals surface area (Å²) in [5, 5.41) is 32.3. The molecule has 0 bridgehead atoms. The fourth-order valence-corrected chi connectivity index (χ4v) is 13.8. The number of pyridine rings is 3. The Morgan fingerprint density at radius 2 is 0.744 bits per heavy atom. The third-order valence-electron chi connectivity index (χ3n) is 19.0. The number of alkyl halides is 8. The molecule has 6 aromatic carbocycles. The second-order valence-electron chi connectivity index (χ2n) is 28.2. The van der Waals surface area contributed by atoms with Crippen molar-refractivity contribution in [1.29, 1.82) is 0 Å². The summed E-state index contributed by atoms with van der Waals surface area (Å²) in [6.45, 7) is 1.76. The Hall–Kier alpha value is -13.2. The van der Waals surface area contributed by atoms with Crippen molar-refractivity contribution in [1.82, 2.24) is 64.3 Å². The molecule has 27 nitrogen and oxygen atoms in total. The van der Waals surface area contributed by atoms with E-state index in [0.717, 1.165) is 16.6 Å². The molecule has 15 rings (SSSR count).